The van der Waals surface area contributed by atoms with Crippen molar-refractivity contribution in [3.05, 3.63) is 64.6 Å². The fourth-order valence-corrected chi connectivity index (χ4v) is 3.66. The van der Waals surface area contributed by atoms with E-state index in [0.29, 0.717) is 16.4 Å². The Morgan fingerprint density at radius 2 is 1.80 bits per heavy atom. The third kappa shape index (κ3) is 3.33. The minimum Gasteiger partial charge on any atom is -0.332 e. The van der Waals surface area contributed by atoms with Crippen LogP contribution in [0.15, 0.2) is 58.4 Å². The largest absolute Gasteiger partial charge is 0.433 e. The van der Waals surface area contributed by atoms with Crippen molar-refractivity contribution < 1.29 is 17.7 Å². The van der Waals surface area contributed by atoms with E-state index < -0.39 is 11.9 Å². The number of aromatic nitrogens is 5. The molecule has 0 bridgehead atoms. The van der Waals surface area contributed by atoms with E-state index >= 15 is 0 Å². The first kappa shape index (κ1) is 18.8. The molecule has 0 unspecified atom stereocenters. The first-order valence-electron chi connectivity index (χ1n) is 8.50. The molecule has 6 nitrogen and oxygen atoms in total. The summed E-state index contributed by atoms with van der Waals surface area (Å²) in [5, 5.41) is 10.2. The van der Waals surface area contributed by atoms with E-state index in [1.165, 1.54) is 17.4 Å². The van der Waals surface area contributed by atoms with Gasteiger partial charge < -0.3 is 4.52 Å². The van der Waals surface area contributed by atoms with Crippen LogP contribution >= 0.6 is 22.9 Å². The monoisotopic (exact) mass is 447 g/mol. The molecule has 30 heavy (non-hydrogen) atoms. The van der Waals surface area contributed by atoms with Crippen LogP contribution in [-0.4, -0.2) is 24.7 Å². The zero-order chi connectivity index (χ0) is 20.9. The number of fused-ring (bicyclic) bond motifs is 1. The molecule has 150 valence electrons. The number of nitrogens with zero attached hydrogens (tertiary/aromatic N) is 5. The smallest absolute Gasteiger partial charge is 0.332 e. The number of halogens is 4. The Hall–Kier alpha value is -3.24. The van der Waals surface area contributed by atoms with Gasteiger partial charge in [0.1, 0.15) is 0 Å². The van der Waals surface area contributed by atoms with Gasteiger partial charge in [-0.25, -0.2) is 9.50 Å². The van der Waals surface area contributed by atoms with Crippen LogP contribution in [0.25, 0.3) is 39.2 Å². The predicted octanol–water partition coefficient (Wildman–Crippen LogP) is 5.85. The van der Waals surface area contributed by atoms with Crippen molar-refractivity contribution in [2.45, 2.75) is 6.18 Å². The number of alkyl halides is 3. The zero-order valence-corrected chi connectivity index (χ0v) is 16.3. The van der Waals surface area contributed by atoms with Crippen LogP contribution < -0.4 is 0 Å². The Bertz CT molecular complexity index is 1340. The number of hydrogen-bond acceptors (Lipinski definition) is 6. The highest BCUT2D eigenvalue weighted by Crippen LogP contribution is 2.34. The number of rotatable bonds is 3. The Morgan fingerprint density at radius 1 is 1.00 bits per heavy atom. The molecule has 1 aromatic carbocycles. The van der Waals surface area contributed by atoms with Crippen LogP contribution in [0.1, 0.15) is 5.69 Å². The summed E-state index contributed by atoms with van der Waals surface area (Å²) in [6.07, 6.45) is -4.65. The van der Waals surface area contributed by atoms with Gasteiger partial charge in [-0.2, -0.15) is 23.3 Å². The predicted molar refractivity (Wildman–Crippen MR) is 105 cm³/mol. The van der Waals surface area contributed by atoms with Gasteiger partial charge in [0.15, 0.2) is 17.0 Å². The van der Waals surface area contributed by atoms with Gasteiger partial charge >= 0.3 is 6.18 Å². The molecule has 5 aromatic rings. The van der Waals surface area contributed by atoms with Crippen molar-refractivity contribution in [1.82, 2.24) is 24.7 Å². The van der Waals surface area contributed by atoms with Crippen molar-refractivity contribution in [2.75, 3.05) is 0 Å². The molecule has 4 heterocycles. The molecule has 0 aliphatic heterocycles. The quantitative estimate of drug-likeness (QED) is 0.347. The topological polar surface area (TPSA) is 69.1 Å². The lowest BCUT2D eigenvalue weighted by atomic mass is 10.1. The Labute approximate surface area is 175 Å². The van der Waals surface area contributed by atoms with Gasteiger partial charge in [0, 0.05) is 16.7 Å². The summed E-state index contributed by atoms with van der Waals surface area (Å²) in [6.45, 7) is 0. The highest BCUT2D eigenvalue weighted by atomic mass is 35.5. The summed E-state index contributed by atoms with van der Waals surface area (Å²) in [6, 6.07) is 12.3. The highest BCUT2D eigenvalue weighted by Gasteiger charge is 2.35. The second-order valence-corrected chi connectivity index (χ2v) is 7.62. The molecule has 0 saturated heterocycles. The fourth-order valence-electron chi connectivity index (χ4n) is 2.88. The lowest BCUT2D eigenvalue weighted by molar-refractivity contribution is -0.142. The van der Waals surface area contributed by atoms with Crippen molar-refractivity contribution in [1.29, 1.82) is 0 Å². The van der Waals surface area contributed by atoms with Gasteiger partial charge in [0.2, 0.25) is 5.82 Å². The normalized spacial score (nSPS) is 12.0. The van der Waals surface area contributed by atoms with Gasteiger partial charge in [0.05, 0.1) is 10.6 Å². The Balaban J connectivity index is 1.65. The molecular formula is C19H9ClF3N5OS. The molecule has 0 aliphatic carbocycles. The molecular weight excluding hydrogens is 439 g/mol. The maximum Gasteiger partial charge on any atom is 0.433 e. The average molecular weight is 448 g/mol. The lowest BCUT2D eigenvalue weighted by Gasteiger charge is -2.11. The van der Waals surface area contributed by atoms with Gasteiger partial charge in [-0.3, -0.25) is 0 Å². The van der Waals surface area contributed by atoms with Gasteiger partial charge in [-0.1, -0.05) is 35.0 Å². The molecule has 0 aliphatic rings. The maximum atomic E-state index is 13.7. The van der Waals surface area contributed by atoms with Crippen LogP contribution in [0.4, 0.5) is 13.2 Å². The number of benzene rings is 1. The average Bonchev–Trinajstić information content (AvgIpc) is 3.45. The summed E-state index contributed by atoms with van der Waals surface area (Å²) in [7, 11) is 0. The van der Waals surface area contributed by atoms with E-state index in [9.17, 15) is 13.2 Å². The second kappa shape index (κ2) is 6.92. The Morgan fingerprint density at radius 3 is 2.50 bits per heavy atom. The van der Waals surface area contributed by atoms with Gasteiger partial charge in [0.25, 0.3) is 5.89 Å². The van der Waals surface area contributed by atoms with Crippen LogP contribution in [0.3, 0.4) is 0 Å². The zero-order valence-electron chi connectivity index (χ0n) is 14.8. The van der Waals surface area contributed by atoms with Crippen molar-refractivity contribution in [3.8, 4) is 33.5 Å². The van der Waals surface area contributed by atoms with Crippen LogP contribution in [0.5, 0.6) is 0 Å². The summed E-state index contributed by atoms with van der Waals surface area (Å²) < 4.78 is 47.1. The van der Waals surface area contributed by atoms with E-state index in [-0.39, 0.29) is 22.9 Å². The fraction of sp³-hybridized carbons (Fsp3) is 0.0526. The minimum absolute atomic E-state index is 0.000601. The number of hydrogen-bond donors (Lipinski definition) is 0. The molecule has 11 heteroatoms. The van der Waals surface area contributed by atoms with Crippen molar-refractivity contribution in [3.63, 3.8) is 0 Å². The van der Waals surface area contributed by atoms with Crippen molar-refractivity contribution in [2.24, 2.45) is 0 Å². The SMILES string of the molecule is FC(F)(F)c1cc(-c2ccc(Cl)cc2)nc2cc(-c3nc(-c4cccs4)no3)nn12. The molecule has 0 amide bonds. The summed E-state index contributed by atoms with van der Waals surface area (Å²) in [4.78, 5) is 9.33. The molecule has 0 fully saturated rings. The Kier molecular flexibility index (Phi) is 4.33. The first-order valence-corrected chi connectivity index (χ1v) is 9.76. The third-order valence-electron chi connectivity index (χ3n) is 4.24. The maximum absolute atomic E-state index is 13.7. The summed E-state index contributed by atoms with van der Waals surface area (Å²) >= 11 is 7.29. The molecule has 0 saturated carbocycles. The van der Waals surface area contributed by atoms with E-state index in [0.717, 1.165) is 15.5 Å². The van der Waals surface area contributed by atoms with Gasteiger partial charge in [-0.05, 0) is 29.6 Å². The first-order chi connectivity index (χ1) is 14.4. The number of thiophene rings is 1. The molecule has 0 atom stereocenters. The lowest BCUT2D eigenvalue weighted by Crippen LogP contribution is -2.13. The van der Waals surface area contributed by atoms with Crippen molar-refractivity contribution >= 4 is 28.6 Å². The van der Waals surface area contributed by atoms with E-state index in [2.05, 4.69) is 20.2 Å². The molecule has 0 N–H and O–H groups in total. The summed E-state index contributed by atoms with van der Waals surface area (Å²) in [5.41, 5.74) is -0.241. The molecule has 0 radical (unpaired) electrons. The van der Waals surface area contributed by atoms with Gasteiger partial charge in [-0.15, -0.1) is 11.3 Å². The minimum atomic E-state index is -4.65. The van der Waals surface area contributed by atoms with E-state index in [4.69, 9.17) is 16.1 Å². The second-order valence-electron chi connectivity index (χ2n) is 6.23. The standard InChI is InChI=1S/C19H9ClF3N5OS/c20-11-5-3-10(4-6-11)12-8-15(19(21,22)23)28-16(24-12)9-13(26-28)18-25-17(27-29-18)14-2-1-7-30-14/h1-9H. The summed E-state index contributed by atoms with van der Waals surface area (Å²) in [5.74, 6) is 0.341. The van der Waals surface area contributed by atoms with Crippen LogP contribution in [0, 0.1) is 0 Å². The van der Waals surface area contributed by atoms with E-state index in [1.54, 1.807) is 24.3 Å². The highest BCUT2D eigenvalue weighted by molar-refractivity contribution is 7.13. The molecule has 0 spiro atoms. The third-order valence-corrected chi connectivity index (χ3v) is 5.36. The molecule has 5 rings (SSSR count). The van der Waals surface area contributed by atoms with Crippen LogP contribution in [-0.2, 0) is 6.18 Å². The van der Waals surface area contributed by atoms with E-state index in [1.807, 2.05) is 17.5 Å². The van der Waals surface area contributed by atoms with Crippen LogP contribution in [0.2, 0.25) is 5.02 Å². The molecule has 4 aromatic heterocycles.